The van der Waals surface area contributed by atoms with Crippen molar-refractivity contribution < 1.29 is 14.7 Å². The molecule has 6 nitrogen and oxygen atoms in total. The third-order valence-electron chi connectivity index (χ3n) is 4.12. The molecule has 1 amide bonds. The molecule has 0 unspecified atom stereocenters. The number of nitrogens with zero attached hydrogens (tertiary/aromatic N) is 2. The molecule has 0 bridgehead atoms. The first kappa shape index (κ1) is 16.1. The molecule has 2 heterocycles. The number of fused-ring (bicyclic) bond motifs is 1. The van der Waals surface area contributed by atoms with E-state index in [1.54, 1.807) is 0 Å². The number of carbonyl (C=O) groups excluding carboxylic acids is 1. The fraction of sp³-hybridized carbons (Fsp3) is 0.278. The Labute approximate surface area is 140 Å². The van der Waals surface area contributed by atoms with E-state index in [0.717, 1.165) is 26.1 Å². The molecule has 24 heavy (non-hydrogen) atoms. The lowest BCUT2D eigenvalue weighted by Gasteiger charge is -2.28. The predicted octanol–water partition coefficient (Wildman–Crippen LogP) is 1.57. The van der Waals surface area contributed by atoms with Crippen molar-refractivity contribution in [2.45, 2.75) is 13.0 Å². The van der Waals surface area contributed by atoms with E-state index in [4.69, 9.17) is 5.11 Å². The van der Waals surface area contributed by atoms with Gasteiger partial charge >= 0.3 is 5.97 Å². The van der Waals surface area contributed by atoms with Gasteiger partial charge in [-0.15, -0.1) is 0 Å². The molecule has 3 rings (SSSR count). The van der Waals surface area contributed by atoms with Crippen molar-refractivity contribution >= 4 is 11.9 Å². The molecule has 0 saturated heterocycles. The maximum atomic E-state index is 12.1. The summed E-state index contributed by atoms with van der Waals surface area (Å²) in [5, 5.41) is 11.7. The Morgan fingerprint density at radius 1 is 1.08 bits per heavy atom. The summed E-state index contributed by atoms with van der Waals surface area (Å²) in [6.07, 6.45) is 1.02. The van der Waals surface area contributed by atoms with E-state index in [9.17, 15) is 9.59 Å². The van der Waals surface area contributed by atoms with E-state index in [-0.39, 0.29) is 17.3 Å². The third-order valence-corrected chi connectivity index (χ3v) is 4.12. The average Bonchev–Trinajstić information content (AvgIpc) is 2.61. The van der Waals surface area contributed by atoms with Crippen LogP contribution in [0.2, 0.25) is 0 Å². The van der Waals surface area contributed by atoms with E-state index in [0.29, 0.717) is 6.54 Å². The molecule has 0 saturated carbocycles. The number of carbonyl (C=O) groups is 2. The summed E-state index contributed by atoms with van der Waals surface area (Å²) in [7, 11) is 0. The Morgan fingerprint density at radius 2 is 1.83 bits per heavy atom. The number of hydrogen-bond acceptors (Lipinski definition) is 4. The van der Waals surface area contributed by atoms with E-state index in [1.807, 2.05) is 6.07 Å². The first-order valence-corrected chi connectivity index (χ1v) is 7.91. The zero-order valence-corrected chi connectivity index (χ0v) is 13.2. The predicted molar refractivity (Wildman–Crippen MR) is 89.0 cm³/mol. The summed E-state index contributed by atoms with van der Waals surface area (Å²) in [5.74, 6) is -1.49. The van der Waals surface area contributed by atoms with E-state index in [2.05, 4.69) is 33.4 Å². The topological polar surface area (TPSA) is 82.5 Å². The van der Waals surface area contributed by atoms with Crippen LogP contribution >= 0.6 is 0 Å². The molecule has 0 spiro atoms. The lowest BCUT2D eigenvalue weighted by atomic mass is 10.00. The molecule has 1 aromatic heterocycles. The van der Waals surface area contributed by atoms with Gasteiger partial charge in [0, 0.05) is 26.2 Å². The number of rotatable bonds is 5. The van der Waals surface area contributed by atoms with Gasteiger partial charge in [0.15, 0.2) is 0 Å². The highest BCUT2D eigenvalue weighted by Crippen LogP contribution is 2.17. The number of hydrogen-bond donors (Lipinski definition) is 2. The number of benzene rings is 1. The average molecular weight is 325 g/mol. The highest BCUT2D eigenvalue weighted by molar-refractivity contribution is 5.94. The van der Waals surface area contributed by atoms with Crippen LogP contribution in [0.4, 0.5) is 0 Å². The highest BCUT2D eigenvalue weighted by atomic mass is 16.4. The quantitative estimate of drug-likeness (QED) is 0.872. The zero-order valence-electron chi connectivity index (χ0n) is 13.2. The third kappa shape index (κ3) is 3.78. The number of carboxylic acid groups (broad SMARTS) is 1. The minimum atomic E-state index is -1.14. The lowest BCUT2D eigenvalue weighted by Crippen LogP contribution is -2.38. The molecular weight excluding hydrogens is 306 g/mol. The Morgan fingerprint density at radius 3 is 2.62 bits per heavy atom. The van der Waals surface area contributed by atoms with Crippen LogP contribution in [0.15, 0.2) is 42.5 Å². The minimum Gasteiger partial charge on any atom is -0.477 e. The molecule has 0 radical (unpaired) electrons. The Hall–Kier alpha value is -2.73. The second-order valence-electron chi connectivity index (χ2n) is 5.76. The molecule has 6 heteroatoms. The van der Waals surface area contributed by atoms with Crippen molar-refractivity contribution in [1.29, 1.82) is 0 Å². The smallest absolute Gasteiger partial charge is 0.354 e. The van der Waals surface area contributed by atoms with Gasteiger partial charge < -0.3 is 10.4 Å². The fourth-order valence-corrected chi connectivity index (χ4v) is 2.84. The summed E-state index contributed by atoms with van der Waals surface area (Å²) in [5.41, 5.74) is 2.73. The van der Waals surface area contributed by atoms with Crippen molar-refractivity contribution in [2.24, 2.45) is 0 Å². The van der Waals surface area contributed by atoms with Crippen molar-refractivity contribution in [3.63, 3.8) is 0 Å². The van der Waals surface area contributed by atoms with Crippen LogP contribution in [0.1, 0.15) is 32.1 Å². The van der Waals surface area contributed by atoms with Crippen LogP contribution in [0.5, 0.6) is 0 Å². The maximum Gasteiger partial charge on any atom is 0.354 e. The lowest BCUT2D eigenvalue weighted by molar-refractivity contribution is 0.0690. The van der Waals surface area contributed by atoms with Crippen LogP contribution in [0, 0.1) is 0 Å². The molecule has 0 aliphatic carbocycles. The summed E-state index contributed by atoms with van der Waals surface area (Å²) in [6, 6.07) is 12.8. The van der Waals surface area contributed by atoms with Gasteiger partial charge in [-0.3, -0.25) is 9.69 Å². The fourth-order valence-electron chi connectivity index (χ4n) is 2.84. The molecule has 1 aliphatic heterocycles. The normalized spacial score (nSPS) is 14.0. The number of aromatic carboxylic acids is 1. The standard InChI is InChI=1S/C18H19N3O3/c22-17(15-6-3-7-16(20-15)18(23)24)19-9-11-21-10-8-13-4-1-2-5-14(13)12-21/h1-7H,8-12H2,(H,19,22)(H,23,24). The number of amides is 1. The summed E-state index contributed by atoms with van der Waals surface area (Å²) in [4.78, 5) is 29.1. The van der Waals surface area contributed by atoms with Gasteiger partial charge in [-0.25, -0.2) is 9.78 Å². The van der Waals surface area contributed by atoms with Crippen LogP contribution in [-0.4, -0.2) is 46.5 Å². The van der Waals surface area contributed by atoms with E-state index in [1.165, 1.54) is 29.3 Å². The number of pyridine rings is 1. The van der Waals surface area contributed by atoms with Crippen LogP contribution in [0.3, 0.4) is 0 Å². The molecule has 1 aromatic carbocycles. The number of carboxylic acids is 1. The summed E-state index contributed by atoms with van der Waals surface area (Å²) < 4.78 is 0. The largest absolute Gasteiger partial charge is 0.477 e. The van der Waals surface area contributed by atoms with E-state index < -0.39 is 5.97 Å². The molecule has 0 fully saturated rings. The van der Waals surface area contributed by atoms with Gasteiger partial charge in [-0.05, 0) is 29.7 Å². The van der Waals surface area contributed by atoms with Gasteiger partial charge in [0.1, 0.15) is 11.4 Å². The van der Waals surface area contributed by atoms with Gasteiger partial charge in [0.25, 0.3) is 5.91 Å². The van der Waals surface area contributed by atoms with Crippen LogP contribution in [0.25, 0.3) is 0 Å². The van der Waals surface area contributed by atoms with Crippen LogP contribution < -0.4 is 5.32 Å². The Kier molecular flexibility index (Phi) is 4.86. The van der Waals surface area contributed by atoms with Crippen LogP contribution in [-0.2, 0) is 13.0 Å². The van der Waals surface area contributed by atoms with Gasteiger partial charge in [-0.2, -0.15) is 0 Å². The van der Waals surface area contributed by atoms with E-state index >= 15 is 0 Å². The highest BCUT2D eigenvalue weighted by Gasteiger charge is 2.16. The molecule has 1 aliphatic rings. The van der Waals surface area contributed by atoms with Crippen molar-refractivity contribution in [3.05, 3.63) is 65.0 Å². The molecule has 2 N–H and O–H groups in total. The second kappa shape index (κ2) is 7.23. The van der Waals surface area contributed by atoms with Crippen molar-refractivity contribution in [3.8, 4) is 0 Å². The first-order valence-electron chi connectivity index (χ1n) is 7.91. The number of aromatic nitrogens is 1. The maximum absolute atomic E-state index is 12.1. The summed E-state index contributed by atoms with van der Waals surface area (Å²) in [6.45, 7) is 3.11. The monoisotopic (exact) mass is 325 g/mol. The second-order valence-corrected chi connectivity index (χ2v) is 5.76. The molecular formula is C18H19N3O3. The molecule has 0 atom stereocenters. The SMILES string of the molecule is O=C(O)c1cccc(C(=O)NCCN2CCc3ccccc3C2)n1. The van der Waals surface area contributed by atoms with Crippen molar-refractivity contribution in [2.75, 3.05) is 19.6 Å². The summed E-state index contributed by atoms with van der Waals surface area (Å²) >= 11 is 0. The van der Waals surface area contributed by atoms with Gasteiger partial charge in [0.05, 0.1) is 0 Å². The Bertz CT molecular complexity index is 761. The number of nitrogens with one attached hydrogen (secondary N) is 1. The van der Waals surface area contributed by atoms with Gasteiger partial charge in [0.2, 0.25) is 0 Å². The Balaban J connectivity index is 1.51. The van der Waals surface area contributed by atoms with Gasteiger partial charge in [-0.1, -0.05) is 30.3 Å². The zero-order chi connectivity index (χ0) is 16.9. The van der Waals surface area contributed by atoms with Crippen molar-refractivity contribution in [1.82, 2.24) is 15.2 Å². The molecule has 124 valence electrons. The first-order chi connectivity index (χ1) is 11.6. The molecule has 2 aromatic rings. The minimum absolute atomic E-state index is 0.124.